The third-order valence-electron chi connectivity index (χ3n) is 4.31. The van der Waals surface area contributed by atoms with Crippen LogP contribution in [0, 0.1) is 13.7 Å². The van der Waals surface area contributed by atoms with Gasteiger partial charge in [0.05, 0.1) is 27.4 Å². The first-order valence-electron chi connectivity index (χ1n) is 9.24. The zero-order valence-corrected chi connectivity index (χ0v) is 19.0. The van der Waals surface area contributed by atoms with E-state index in [-0.39, 0.29) is 23.6 Å². The van der Waals surface area contributed by atoms with Crippen molar-refractivity contribution in [2.24, 2.45) is 5.10 Å². The van der Waals surface area contributed by atoms with Gasteiger partial charge < -0.3 is 14.6 Å². The summed E-state index contributed by atoms with van der Waals surface area (Å²) in [5.41, 5.74) is 3.93. The van der Waals surface area contributed by atoms with E-state index in [9.17, 15) is 20.0 Å². The molecule has 0 radical (unpaired) electrons. The van der Waals surface area contributed by atoms with Crippen molar-refractivity contribution in [3.8, 4) is 17.2 Å². The van der Waals surface area contributed by atoms with Gasteiger partial charge in [0.1, 0.15) is 12.4 Å². The maximum atomic E-state index is 12.1. The maximum absolute atomic E-state index is 12.1. The molecule has 0 saturated carbocycles. The second kappa shape index (κ2) is 10.6. The lowest BCUT2D eigenvalue weighted by atomic mass is 10.2. The highest BCUT2D eigenvalue weighted by atomic mass is 127. The van der Waals surface area contributed by atoms with E-state index in [0.717, 1.165) is 9.13 Å². The molecule has 0 aliphatic rings. The van der Waals surface area contributed by atoms with Gasteiger partial charge in [-0.2, -0.15) is 5.10 Å². The van der Waals surface area contributed by atoms with E-state index in [2.05, 4.69) is 33.1 Å². The normalized spacial score (nSPS) is 10.7. The summed E-state index contributed by atoms with van der Waals surface area (Å²) in [6.45, 7) is 0.203. The summed E-state index contributed by atoms with van der Waals surface area (Å²) in [7, 11) is 1.50. The number of aromatic hydroxyl groups is 1. The zero-order valence-electron chi connectivity index (χ0n) is 16.8. The number of hydrogen-bond acceptors (Lipinski definition) is 7. The molecule has 10 heteroatoms. The van der Waals surface area contributed by atoms with Gasteiger partial charge >= 0.3 is 0 Å². The molecule has 3 aromatic carbocycles. The van der Waals surface area contributed by atoms with Crippen molar-refractivity contribution in [3.05, 3.63) is 91.0 Å². The molecule has 164 valence electrons. The molecule has 0 atom stereocenters. The number of para-hydroxylation sites is 1. The maximum Gasteiger partial charge on any atom is 0.275 e. The van der Waals surface area contributed by atoms with Crippen LogP contribution in [0.5, 0.6) is 17.2 Å². The molecule has 0 aliphatic carbocycles. The highest BCUT2D eigenvalue weighted by Crippen LogP contribution is 2.34. The number of nitrogens with zero attached hydrogens (tertiary/aromatic N) is 2. The van der Waals surface area contributed by atoms with Crippen LogP contribution in [0.3, 0.4) is 0 Å². The standard InChI is InChI=1S/C22H18IN3O6/c1-31-20-11-15(12-24-25-22(28)17-4-2-3-5-19(17)27)10-18(23)21(20)32-13-14-6-8-16(9-7-14)26(29)30/h2-12,27H,13H2,1H3,(H,25,28)/b24-12+. The molecule has 0 unspecified atom stereocenters. The molecule has 2 N–H and O–H groups in total. The fourth-order valence-corrected chi connectivity index (χ4v) is 3.50. The Bertz CT molecular complexity index is 1160. The minimum Gasteiger partial charge on any atom is -0.507 e. The zero-order chi connectivity index (χ0) is 23.1. The predicted octanol–water partition coefficient (Wildman–Crippen LogP) is 4.26. The molecule has 0 saturated heterocycles. The Morgan fingerprint density at radius 1 is 1.22 bits per heavy atom. The molecule has 3 rings (SSSR count). The van der Waals surface area contributed by atoms with Crippen LogP contribution in [-0.4, -0.2) is 29.3 Å². The van der Waals surface area contributed by atoms with Crippen molar-refractivity contribution in [2.75, 3.05) is 7.11 Å². The van der Waals surface area contributed by atoms with E-state index in [1.165, 1.54) is 37.6 Å². The van der Waals surface area contributed by atoms with Gasteiger partial charge in [0.2, 0.25) is 0 Å². The first kappa shape index (κ1) is 23.0. The second-order valence-corrected chi connectivity index (χ2v) is 7.62. The number of methoxy groups -OCH3 is 1. The SMILES string of the molecule is COc1cc(/C=N/NC(=O)c2ccccc2O)cc(I)c1OCc1ccc([N+](=O)[O-])cc1. The molecule has 0 aromatic heterocycles. The Balaban J connectivity index is 1.69. The van der Waals surface area contributed by atoms with Crippen LogP contribution < -0.4 is 14.9 Å². The Kier molecular flexibility index (Phi) is 7.60. The van der Waals surface area contributed by atoms with Gasteiger partial charge in [-0.3, -0.25) is 14.9 Å². The second-order valence-electron chi connectivity index (χ2n) is 6.46. The number of phenolic OH excluding ortho intramolecular Hbond substituents is 1. The number of nitrogens with one attached hydrogen (secondary N) is 1. The summed E-state index contributed by atoms with van der Waals surface area (Å²) in [5.74, 6) is 0.309. The largest absolute Gasteiger partial charge is 0.507 e. The number of carbonyl (C=O) groups is 1. The molecule has 0 bridgehead atoms. The highest BCUT2D eigenvalue weighted by Gasteiger charge is 2.13. The quantitative estimate of drug-likeness (QED) is 0.188. The summed E-state index contributed by atoms with van der Waals surface area (Å²) in [6.07, 6.45) is 1.45. The number of halogens is 1. The van der Waals surface area contributed by atoms with Gasteiger partial charge in [-0.15, -0.1) is 0 Å². The van der Waals surface area contributed by atoms with Crippen LogP contribution in [0.15, 0.2) is 65.8 Å². The van der Waals surface area contributed by atoms with Crippen LogP contribution >= 0.6 is 22.6 Å². The van der Waals surface area contributed by atoms with Gasteiger partial charge in [-0.05, 0) is 70.1 Å². The van der Waals surface area contributed by atoms with E-state index in [1.54, 1.807) is 36.4 Å². The van der Waals surface area contributed by atoms with Crippen molar-refractivity contribution in [2.45, 2.75) is 6.61 Å². The van der Waals surface area contributed by atoms with E-state index in [1.807, 2.05) is 0 Å². The smallest absolute Gasteiger partial charge is 0.275 e. The Morgan fingerprint density at radius 3 is 2.59 bits per heavy atom. The third kappa shape index (κ3) is 5.72. The predicted molar refractivity (Wildman–Crippen MR) is 126 cm³/mol. The van der Waals surface area contributed by atoms with Crippen molar-refractivity contribution < 1.29 is 24.3 Å². The molecule has 0 aliphatic heterocycles. The van der Waals surface area contributed by atoms with Crippen molar-refractivity contribution in [1.82, 2.24) is 5.43 Å². The summed E-state index contributed by atoms with van der Waals surface area (Å²) in [6, 6.07) is 15.8. The van der Waals surface area contributed by atoms with Crippen LogP contribution in [0.1, 0.15) is 21.5 Å². The lowest BCUT2D eigenvalue weighted by Crippen LogP contribution is -2.17. The average molecular weight is 547 g/mol. The number of non-ortho nitro benzene ring substituents is 1. The molecule has 32 heavy (non-hydrogen) atoms. The summed E-state index contributed by atoms with van der Waals surface area (Å²) in [5, 5.41) is 24.4. The highest BCUT2D eigenvalue weighted by molar-refractivity contribution is 14.1. The number of hydrazone groups is 1. The number of carbonyl (C=O) groups excluding carboxylic acids is 1. The number of benzene rings is 3. The number of ether oxygens (including phenoxy) is 2. The third-order valence-corrected chi connectivity index (χ3v) is 5.11. The molecule has 9 nitrogen and oxygen atoms in total. The number of amides is 1. The average Bonchev–Trinajstić information content (AvgIpc) is 2.78. The Morgan fingerprint density at radius 2 is 1.94 bits per heavy atom. The van der Waals surface area contributed by atoms with E-state index >= 15 is 0 Å². The minimum atomic E-state index is -0.538. The molecule has 1 amide bonds. The van der Waals surface area contributed by atoms with Crippen LogP contribution in [0.25, 0.3) is 0 Å². The van der Waals surface area contributed by atoms with Crippen molar-refractivity contribution >= 4 is 40.4 Å². The number of hydrogen-bond donors (Lipinski definition) is 2. The molecule has 3 aromatic rings. The lowest BCUT2D eigenvalue weighted by molar-refractivity contribution is -0.384. The number of rotatable bonds is 8. The van der Waals surface area contributed by atoms with Gasteiger partial charge in [-0.25, -0.2) is 5.43 Å². The van der Waals surface area contributed by atoms with E-state index in [4.69, 9.17) is 9.47 Å². The molecular formula is C22H18IN3O6. The van der Waals surface area contributed by atoms with Gasteiger partial charge in [0.25, 0.3) is 11.6 Å². The van der Waals surface area contributed by atoms with E-state index in [0.29, 0.717) is 17.1 Å². The van der Waals surface area contributed by atoms with Crippen molar-refractivity contribution in [3.63, 3.8) is 0 Å². The number of phenols is 1. The topological polar surface area (TPSA) is 123 Å². The summed E-state index contributed by atoms with van der Waals surface area (Å²) < 4.78 is 12.0. The number of nitro benzene ring substituents is 1. The summed E-state index contributed by atoms with van der Waals surface area (Å²) in [4.78, 5) is 22.4. The van der Waals surface area contributed by atoms with Crippen LogP contribution in [0.4, 0.5) is 5.69 Å². The van der Waals surface area contributed by atoms with Gasteiger partial charge in [0, 0.05) is 12.1 Å². The Labute approximate surface area is 197 Å². The summed E-state index contributed by atoms with van der Waals surface area (Å²) >= 11 is 2.09. The molecule has 0 spiro atoms. The first-order chi connectivity index (χ1) is 15.4. The van der Waals surface area contributed by atoms with Gasteiger partial charge in [-0.1, -0.05) is 12.1 Å². The fraction of sp³-hybridized carbons (Fsp3) is 0.0909. The monoisotopic (exact) mass is 547 g/mol. The number of nitro groups is 1. The molecule has 0 fully saturated rings. The fourth-order valence-electron chi connectivity index (χ4n) is 2.72. The Hall–Kier alpha value is -3.67. The first-order valence-corrected chi connectivity index (χ1v) is 10.3. The van der Waals surface area contributed by atoms with Crippen LogP contribution in [0.2, 0.25) is 0 Å². The van der Waals surface area contributed by atoms with Gasteiger partial charge in [0.15, 0.2) is 11.5 Å². The lowest BCUT2D eigenvalue weighted by Gasteiger charge is -2.13. The minimum absolute atomic E-state index is 0.0131. The van der Waals surface area contributed by atoms with Crippen molar-refractivity contribution in [1.29, 1.82) is 0 Å². The molecular weight excluding hydrogens is 529 g/mol. The molecule has 0 heterocycles. The van der Waals surface area contributed by atoms with E-state index < -0.39 is 10.8 Å². The van der Waals surface area contributed by atoms with Crippen LogP contribution in [-0.2, 0) is 6.61 Å².